The molecule has 1 aliphatic heterocycles. The molecule has 3 aromatic rings. The summed E-state index contributed by atoms with van der Waals surface area (Å²) in [5.41, 5.74) is 2.56. The van der Waals surface area contributed by atoms with E-state index in [9.17, 15) is 4.79 Å². The van der Waals surface area contributed by atoms with E-state index in [0.29, 0.717) is 22.3 Å². The van der Waals surface area contributed by atoms with Gasteiger partial charge in [0.25, 0.3) is 0 Å². The molecule has 7 heteroatoms. The summed E-state index contributed by atoms with van der Waals surface area (Å²) in [4.78, 5) is 20.6. The molecule has 3 heterocycles. The summed E-state index contributed by atoms with van der Waals surface area (Å²) in [6, 6.07) is 12.4. The van der Waals surface area contributed by atoms with Crippen molar-refractivity contribution >= 4 is 46.3 Å². The first-order valence-corrected chi connectivity index (χ1v) is 9.76. The fourth-order valence-corrected chi connectivity index (χ4v) is 4.64. The van der Waals surface area contributed by atoms with Gasteiger partial charge in [-0.3, -0.25) is 4.98 Å². The van der Waals surface area contributed by atoms with Crippen molar-refractivity contribution < 1.29 is 4.79 Å². The third kappa shape index (κ3) is 3.43. The number of nitrogens with zero attached hydrogens (tertiary/aromatic N) is 2. The van der Waals surface area contributed by atoms with Gasteiger partial charge in [-0.15, -0.1) is 11.3 Å². The van der Waals surface area contributed by atoms with Gasteiger partial charge in [-0.25, -0.2) is 4.79 Å². The highest BCUT2D eigenvalue weighted by molar-refractivity contribution is 7.10. The van der Waals surface area contributed by atoms with Crippen molar-refractivity contribution in [3.8, 4) is 0 Å². The van der Waals surface area contributed by atoms with Gasteiger partial charge in [-0.1, -0.05) is 29.3 Å². The Labute approximate surface area is 165 Å². The van der Waals surface area contributed by atoms with Gasteiger partial charge in [0.1, 0.15) is 6.04 Å². The second kappa shape index (κ2) is 7.27. The van der Waals surface area contributed by atoms with Gasteiger partial charge < -0.3 is 10.2 Å². The second-order valence-electron chi connectivity index (χ2n) is 5.99. The lowest BCUT2D eigenvalue weighted by Crippen LogP contribution is -2.42. The maximum absolute atomic E-state index is 13.0. The van der Waals surface area contributed by atoms with Gasteiger partial charge in [-0.2, -0.15) is 0 Å². The van der Waals surface area contributed by atoms with Gasteiger partial charge in [0.15, 0.2) is 0 Å². The topological polar surface area (TPSA) is 45.2 Å². The van der Waals surface area contributed by atoms with E-state index >= 15 is 0 Å². The number of urea groups is 1. The second-order valence-corrected chi connectivity index (χ2v) is 7.86. The highest BCUT2D eigenvalue weighted by Gasteiger charge is 2.33. The minimum Gasteiger partial charge on any atom is -0.311 e. The van der Waals surface area contributed by atoms with E-state index in [1.807, 2.05) is 23.1 Å². The van der Waals surface area contributed by atoms with Crippen LogP contribution in [-0.2, 0) is 6.42 Å². The van der Waals surface area contributed by atoms with Crippen LogP contribution in [0.25, 0.3) is 0 Å². The van der Waals surface area contributed by atoms with Crippen LogP contribution in [0.4, 0.5) is 10.5 Å². The van der Waals surface area contributed by atoms with Crippen molar-refractivity contribution in [1.82, 2.24) is 9.88 Å². The maximum Gasteiger partial charge on any atom is 0.322 e. The van der Waals surface area contributed by atoms with Crippen LogP contribution in [0, 0.1) is 0 Å². The average molecular weight is 404 g/mol. The number of hydrogen-bond donors (Lipinski definition) is 1. The van der Waals surface area contributed by atoms with Crippen LogP contribution in [0.2, 0.25) is 10.0 Å². The summed E-state index contributed by atoms with van der Waals surface area (Å²) in [5.74, 6) is 0. The third-order valence-corrected chi connectivity index (χ3v) is 5.74. The van der Waals surface area contributed by atoms with Crippen molar-refractivity contribution in [2.24, 2.45) is 0 Å². The molecule has 0 radical (unpaired) electrons. The van der Waals surface area contributed by atoms with Crippen molar-refractivity contribution in [3.63, 3.8) is 0 Å². The molecule has 0 bridgehead atoms. The molecule has 1 aliphatic rings. The first kappa shape index (κ1) is 17.3. The standard InChI is InChI=1S/C19H15Cl2N3OS/c20-12-9-13(21)11-14(10-12)23-19(25)24-7-4-17-15(5-8-26-17)18(24)16-3-1-2-6-22-16/h1-3,5-6,8-11,18H,4,7H2,(H,23,25). The average Bonchev–Trinajstić information content (AvgIpc) is 3.09. The number of halogens is 2. The smallest absolute Gasteiger partial charge is 0.311 e. The number of amides is 2. The molecule has 0 aliphatic carbocycles. The third-order valence-electron chi connectivity index (χ3n) is 4.31. The number of anilines is 1. The van der Waals surface area contributed by atoms with E-state index in [0.717, 1.165) is 17.7 Å². The molecule has 132 valence electrons. The molecule has 1 aromatic carbocycles. The number of carbonyl (C=O) groups is 1. The molecule has 1 unspecified atom stereocenters. The number of fused-ring (bicyclic) bond motifs is 1. The number of benzene rings is 1. The number of nitrogens with one attached hydrogen (secondary N) is 1. The zero-order valence-electron chi connectivity index (χ0n) is 13.7. The lowest BCUT2D eigenvalue weighted by Gasteiger charge is -2.35. The van der Waals surface area contributed by atoms with E-state index in [1.54, 1.807) is 35.7 Å². The van der Waals surface area contributed by atoms with Crippen LogP contribution < -0.4 is 5.32 Å². The molecular weight excluding hydrogens is 389 g/mol. The molecule has 2 aromatic heterocycles. The van der Waals surface area contributed by atoms with Crippen molar-refractivity contribution in [1.29, 1.82) is 0 Å². The highest BCUT2D eigenvalue weighted by atomic mass is 35.5. The number of pyridine rings is 1. The fourth-order valence-electron chi connectivity index (χ4n) is 3.21. The molecular formula is C19H15Cl2N3OS. The van der Waals surface area contributed by atoms with Gasteiger partial charge in [0, 0.05) is 33.4 Å². The number of hydrogen-bond acceptors (Lipinski definition) is 3. The summed E-state index contributed by atoms with van der Waals surface area (Å²) in [7, 11) is 0. The Hall–Kier alpha value is -2.08. The van der Waals surface area contributed by atoms with Crippen molar-refractivity contribution in [2.75, 3.05) is 11.9 Å². The fraction of sp³-hybridized carbons (Fsp3) is 0.158. The monoisotopic (exact) mass is 403 g/mol. The quantitative estimate of drug-likeness (QED) is 0.602. The molecule has 0 fully saturated rings. The molecule has 4 rings (SSSR count). The van der Waals surface area contributed by atoms with Gasteiger partial charge in [-0.05, 0) is 53.8 Å². The van der Waals surface area contributed by atoms with Crippen molar-refractivity contribution in [3.05, 3.63) is 80.2 Å². The Morgan fingerprint density at radius 3 is 2.73 bits per heavy atom. The van der Waals surface area contributed by atoms with Crippen LogP contribution >= 0.6 is 34.5 Å². The summed E-state index contributed by atoms with van der Waals surface area (Å²) in [5, 5.41) is 5.94. The molecule has 0 saturated heterocycles. The molecule has 4 nitrogen and oxygen atoms in total. The van der Waals surface area contributed by atoms with Crippen LogP contribution in [-0.4, -0.2) is 22.5 Å². The van der Waals surface area contributed by atoms with Gasteiger partial charge in [0.2, 0.25) is 0 Å². The molecule has 0 spiro atoms. The molecule has 1 N–H and O–H groups in total. The normalized spacial score (nSPS) is 16.2. The summed E-state index contributed by atoms with van der Waals surface area (Å²) in [6.45, 7) is 0.620. The summed E-state index contributed by atoms with van der Waals surface area (Å²) < 4.78 is 0. The predicted octanol–water partition coefficient (Wildman–Crippen LogP) is 5.63. The van der Waals surface area contributed by atoms with Crippen LogP contribution in [0.1, 0.15) is 22.2 Å². The van der Waals surface area contributed by atoms with E-state index in [4.69, 9.17) is 23.2 Å². The highest BCUT2D eigenvalue weighted by Crippen LogP contribution is 2.37. The maximum atomic E-state index is 13.0. The lowest BCUT2D eigenvalue weighted by atomic mass is 9.97. The number of aromatic nitrogens is 1. The Balaban J connectivity index is 1.67. The molecule has 26 heavy (non-hydrogen) atoms. The van der Waals surface area contributed by atoms with E-state index in [2.05, 4.69) is 21.7 Å². The Kier molecular flexibility index (Phi) is 4.85. The summed E-state index contributed by atoms with van der Waals surface area (Å²) in [6.07, 6.45) is 2.59. The number of carbonyl (C=O) groups excluding carboxylic acids is 1. The van der Waals surface area contributed by atoms with E-state index in [1.165, 1.54) is 4.88 Å². The Bertz CT molecular complexity index is 925. The van der Waals surface area contributed by atoms with Gasteiger partial charge >= 0.3 is 6.03 Å². The zero-order chi connectivity index (χ0) is 18.1. The first-order chi connectivity index (χ1) is 12.6. The zero-order valence-corrected chi connectivity index (χ0v) is 16.0. The largest absolute Gasteiger partial charge is 0.322 e. The predicted molar refractivity (Wildman–Crippen MR) is 106 cm³/mol. The SMILES string of the molecule is O=C(Nc1cc(Cl)cc(Cl)c1)N1CCc2sccc2C1c1ccccn1. The Morgan fingerprint density at radius 2 is 2.00 bits per heavy atom. The lowest BCUT2D eigenvalue weighted by molar-refractivity contribution is 0.193. The number of thiophene rings is 1. The van der Waals surface area contributed by atoms with E-state index < -0.39 is 0 Å². The number of rotatable bonds is 2. The van der Waals surface area contributed by atoms with Crippen molar-refractivity contribution in [2.45, 2.75) is 12.5 Å². The van der Waals surface area contributed by atoms with Crippen LogP contribution in [0.3, 0.4) is 0 Å². The summed E-state index contributed by atoms with van der Waals surface area (Å²) >= 11 is 13.8. The van der Waals surface area contributed by atoms with Crippen LogP contribution in [0.15, 0.2) is 54.0 Å². The van der Waals surface area contributed by atoms with E-state index in [-0.39, 0.29) is 12.1 Å². The molecule has 2 amide bonds. The van der Waals surface area contributed by atoms with Gasteiger partial charge in [0.05, 0.1) is 5.69 Å². The Morgan fingerprint density at radius 1 is 1.19 bits per heavy atom. The molecule has 0 saturated carbocycles. The molecule has 1 atom stereocenters. The minimum absolute atomic E-state index is 0.198. The minimum atomic E-state index is -0.208. The first-order valence-electron chi connectivity index (χ1n) is 8.13. The van der Waals surface area contributed by atoms with Crippen LogP contribution in [0.5, 0.6) is 0 Å².